The molecule has 3 rings (SSSR count). The first kappa shape index (κ1) is 24.2. The van der Waals surface area contributed by atoms with Crippen LogP contribution in [0.3, 0.4) is 0 Å². The van der Waals surface area contributed by atoms with E-state index in [9.17, 15) is 4.79 Å². The summed E-state index contributed by atoms with van der Waals surface area (Å²) in [5, 5.41) is 6.72. The first-order valence-corrected chi connectivity index (χ1v) is 9.91. The minimum Gasteiger partial charge on any atom is -0.355 e. The van der Waals surface area contributed by atoms with Gasteiger partial charge in [0.15, 0.2) is 0 Å². The van der Waals surface area contributed by atoms with E-state index in [0.717, 1.165) is 31.8 Å². The molecule has 1 aliphatic heterocycles. The summed E-state index contributed by atoms with van der Waals surface area (Å²) < 4.78 is 0. The lowest BCUT2D eigenvalue weighted by atomic mass is 9.85. The zero-order valence-electron chi connectivity index (χ0n) is 16.5. The predicted molar refractivity (Wildman–Crippen MR) is 117 cm³/mol. The molecule has 1 aromatic carbocycles. The average molecular weight is 416 g/mol. The number of hydrogen-bond donors (Lipinski definition) is 2. The summed E-state index contributed by atoms with van der Waals surface area (Å²) in [6.07, 6.45) is 7.20. The molecule has 2 fully saturated rings. The van der Waals surface area contributed by atoms with E-state index in [0.29, 0.717) is 12.1 Å². The van der Waals surface area contributed by atoms with Crippen molar-refractivity contribution in [2.24, 2.45) is 5.92 Å². The normalized spacial score (nSPS) is 25.1. The van der Waals surface area contributed by atoms with E-state index in [1.807, 2.05) is 0 Å². The average Bonchev–Trinajstić information content (AvgIpc) is 3.06. The van der Waals surface area contributed by atoms with E-state index < -0.39 is 0 Å². The second kappa shape index (κ2) is 11.9. The number of nitrogens with one attached hydrogen (secondary N) is 2. The molecule has 4 unspecified atom stereocenters. The van der Waals surface area contributed by atoms with Gasteiger partial charge in [-0.25, -0.2) is 0 Å². The van der Waals surface area contributed by atoms with Gasteiger partial charge in [-0.1, -0.05) is 43.2 Å². The fourth-order valence-electron chi connectivity index (χ4n) is 4.30. The van der Waals surface area contributed by atoms with Crippen LogP contribution in [-0.4, -0.2) is 42.5 Å². The summed E-state index contributed by atoms with van der Waals surface area (Å²) in [5.74, 6) is 0.924. The molecule has 27 heavy (non-hydrogen) atoms. The highest BCUT2D eigenvalue weighted by atomic mass is 35.5. The Bertz CT molecular complexity index is 544. The Morgan fingerprint density at radius 1 is 1.22 bits per heavy atom. The van der Waals surface area contributed by atoms with Gasteiger partial charge in [0, 0.05) is 25.2 Å². The number of fused-ring (bicyclic) bond motifs is 1. The van der Waals surface area contributed by atoms with Crippen molar-refractivity contribution >= 4 is 30.7 Å². The van der Waals surface area contributed by atoms with Gasteiger partial charge in [-0.15, -0.1) is 24.8 Å². The summed E-state index contributed by atoms with van der Waals surface area (Å²) in [5.41, 5.74) is 1.33. The molecule has 1 saturated heterocycles. The number of hydrogen-bond acceptors (Lipinski definition) is 3. The highest BCUT2D eigenvalue weighted by Crippen LogP contribution is 2.33. The molecule has 1 heterocycles. The minimum absolute atomic E-state index is 0. The highest BCUT2D eigenvalue weighted by Gasteiger charge is 2.37. The molecule has 1 aliphatic carbocycles. The molecule has 0 radical (unpaired) electrons. The Morgan fingerprint density at radius 3 is 2.63 bits per heavy atom. The lowest BCUT2D eigenvalue weighted by Crippen LogP contribution is -2.44. The van der Waals surface area contributed by atoms with Gasteiger partial charge in [-0.05, 0) is 51.1 Å². The minimum atomic E-state index is 0. The Balaban J connectivity index is 0.00000182. The van der Waals surface area contributed by atoms with Crippen molar-refractivity contribution in [2.45, 2.75) is 70.1 Å². The van der Waals surface area contributed by atoms with Crippen molar-refractivity contribution in [3.8, 4) is 0 Å². The summed E-state index contributed by atoms with van der Waals surface area (Å²) in [7, 11) is 2.16. The fraction of sp³-hybridized carbons (Fsp3) is 0.667. The van der Waals surface area contributed by atoms with Gasteiger partial charge in [0.25, 0.3) is 0 Å². The second-order valence-corrected chi connectivity index (χ2v) is 7.94. The summed E-state index contributed by atoms with van der Waals surface area (Å²) in [6, 6.07) is 11.6. The highest BCUT2D eigenvalue weighted by molar-refractivity contribution is 5.85. The third-order valence-corrected chi connectivity index (χ3v) is 6.07. The third kappa shape index (κ3) is 6.94. The fourth-order valence-corrected chi connectivity index (χ4v) is 4.30. The zero-order chi connectivity index (χ0) is 17.6. The Hall–Kier alpha value is -0.810. The van der Waals surface area contributed by atoms with Crippen molar-refractivity contribution in [1.82, 2.24) is 15.5 Å². The maximum Gasteiger partial charge on any atom is 0.237 e. The quantitative estimate of drug-likeness (QED) is 0.711. The maximum atomic E-state index is 12.4. The monoisotopic (exact) mass is 415 g/mol. The van der Waals surface area contributed by atoms with Crippen molar-refractivity contribution in [1.29, 1.82) is 0 Å². The smallest absolute Gasteiger partial charge is 0.237 e. The first-order chi connectivity index (χ1) is 12.1. The maximum absolute atomic E-state index is 12.4. The SMILES string of the molecule is CC(CCNC(=O)C1CC2CCCCC2N1)N(C)Cc1ccccc1.Cl.Cl. The van der Waals surface area contributed by atoms with Crippen LogP contribution >= 0.6 is 24.8 Å². The molecule has 4 atom stereocenters. The topological polar surface area (TPSA) is 44.4 Å². The van der Waals surface area contributed by atoms with Crippen LogP contribution in [0.2, 0.25) is 0 Å². The number of amides is 1. The van der Waals surface area contributed by atoms with Gasteiger partial charge in [0.2, 0.25) is 5.91 Å². The molecule has 1 saturated carbocycles. The number of benzene rings is 1. The van der Waals surface area contributed by atoms with Crippen LogP contribution in [0.25, 0.3) is 0 Å². The van der Waals surface area contributed by atoms with Crippen LogP contribution in [0.1, 0.15) is 51.0 Å². The largest absolute Gasteiger partial charge is 0.355 e. The van der Waals surface area contributed by atoms with E-state index in [2.05, 4.69) is 59.8 Å². The van der Waals surface area contributed by atoms with Gasteiger partial charge in [0.1, 0.15) is 0 Å². The molecular formula is C21H35Cl2N3O. The van der Waals surface area contributed by atoms with Gasteiger partial charge in [0.05, 0.1) is 6.04 Å². The van der Waals surface area contributed by atoms with E-state index in [-0.39, 0.29) is 36.8 Å². The number of carbonyl (C=O) groups excluding carboxylic acids is 1. The Morgan fingerprint density at radius 2 is 1.93 bits per heavy atom. The molecule has 1 amide bonds. The van der Waals surface area contributed by atoms with Crippen LogP contribution in [0.5, 0.6) is 0 Å². The molecule has 2 aliphatic rings. The third-order valence-electron chi connectivity index (χ3n) is 6.07. The van der Waals surface area contributed by atoms with Gasteiger partial charge < -0.3 is 10.6 Å². The second-order valence-electron chi connectivity index (χ2n) is 7.94. The van der Waals surface area contributed by atoms with Crippen LogP contribution in [0.4, 0.5) is 0 Å². The summed E-state index contributed by atoms with van der Waals surface area (Å²) >= 11 is 0. The van der Waals surface area contributed by atoms with E-state index in [1.54, 1.807) is 0 Å². The lowest BCUT2D eigenvalue weighted by molar-refractivity contribution is -0.122. The molecule has 1 aromatic rings. The standard InChI is InChI=1S/C21H33N3O.2ClH/c1-16(24(2)15-17-8-4-3-5-9-17)12-13-22-21(25)20-14-18-10-6-7-11-19(18)23-20;;/h3-5,8-9,16,18-20,23H,6-7,10-15H2,1-2H3,(H,22,25);2*1H. The number of nitrogens with zero attached hydrogens (tertiary/aromatic N) is 1. The van der Waals surface area contributed by atoms with Crippen LogP contribution in [0, 0.1) is 5.92 Å². The first-order valence-electron chi connectivity index (χ1n) is 9.91. The van der Waals surface area contributed by atoms with Crippen molar-refractivity contribution < 1.29 is 4.79 Å². The number of carbonyl (C=O) groups is 1. The van der Waals surface area contributed by atoms with Gasteiger partial charge in [-0.2, -0.15) is 0 Å². The molecule has 0 spiro atoms. The van der Waals surface area contributed by atoms with Gasteiger partial charge >= 0.3 is 0 Å². The molecular weight excluding hydrogens is 381 g/mol. The number of rotatable bonds is 7. The van der Waals surface area contributed by atoms with Crippen molar-refractivity contribution in [3.63, 3.8) is 0 Å². The molecule has 0 aromatic heterocycles. The van der Waals surface area contributed by atoms with Crippen LogP contribution in [-0.2, 0) is 11.3 Å². The van der Waals surface area contributed by atoms with E-state index in [1.165, 1.54) is 31.2 Å². The van der Waals surface area contributed by atoms with Crippen molar-refractivity contribution in [3.05, 3.63) is 35.9 Å². The van der Waals surface area contributed by atoms with E-state index in [4.69, 9.17) is 0 Å². The van der Waals surface area contributed by atoms with E-state index >= 15 is 0 Å². The lowest BCUT2D eigenvalue weighted by Gasteiger charge is -2.25. The Labute approximate surface area is 176 Å². The van der Waals surface area contributed by atoms with Crippen LogP contribution < -0.4 is 10.6 Å². The molecule has 4 nitrogen and oxygen atoms in total. The van der Waals surface area contributed by atoms with Gasteiger partial charge in [-0.3, -0.25) is 9.69 Å². The predicted octanol–water partition coefficient (Wildman–Crippen LogP) is 3.78. The molecule has 0 bridgehead atoms. The number of halogens is 2. The zero-order valence-corrected chi connectivity index (χ0v) is 18.2. The Kier molecular flexibility index (Phi) is 10.7. The van der Waals surface area contributed by atoms with Crippen LogP contribution in [0.15, 0.2) is 30.3 Å². The summed E-state index contributed by atoms with van der Waals surface area (Å²) in [4.78, 5) is 14.8. The molecule has 154 valence electrons. The molecule has 2 N–H and O–H groups in total. The molecule has 6 heteroatoms. The summed E-state index contributed by atoms with van der Waals surface area (Å²) in [6.45, 7) is 3.94. The van der Waals surface area contributed by atoms with Crippen molar-refractivity contribution in [2.75, 3.05) is 13.6 Å².